The largest absolute Gasteiger partial charge is 0.452 e. The number of amides is 1. The van der Waals surface area contributed by atoms with Gasteiger partial charge in [0, 0.05) is 11.1 Å². The Morgan fingerprint density at radius 1 is 1.29 bits per heavy atom. The number of carbonyl (C=O) groups excluding carboxylic acids is 2. The second-order valence-corrected chi connectivity index (χ2v) is 6.21. The Kier molecular flexibility index (Phi) is 5.98. The van der Waals surface area contributed by atoms with Crippen molar-refractivity contribution in [3.05, 3.63) is 46.7 Å². The van der Waals surface area contributed by atoms with Crippen LogP contribution in [0.1, 0.15) is 25.2 Å². The molecule has 1 aromatic heterocycles. The Morgan fingerprint density at radius 3 is 2.50 bits per heavy atom. The van der Waals surface area contributed by atoms with Crippen molar-refractivity contribution in [3.63, 3.8) is 0 Å². The van der Waals surface area contributed by atoms with Crippen LogP contribution in [-0.4, -0.2) is 23.1 Å². The number of benzene rings is 1. The number of anilines is 1. The summed E-state index contributed by atoms with van der Waals surface area (Å²) < 4.78 is 10.2. The summed E-state index contributed by atoms with van der Waals surface area (Å²) in [6.45, 7) is 5.32. The third-order valence-electron chi connectivity index (χ3n) is 3.26. The Morgan fingerprint density at radius 2 is 1.96 bits per heavy atom. The summed E-state index contributed by atoms with van der Waals surface area (Å²) in [4.78, 5) is 24.4. The molecule has 7 heteroatoms. The van der Waals surface area contributed by atoms with Crippen LogP contribution in [0.4, 0.5) is 5.82 Å². The highest BCUT2D eigenvalue weighted by atomic mass is 35.5. The van der Waals surface area contributed by atoms with E-state index in [4.69, 9.17) is 20.9 Å². The van der Waals surface area contributed by atoms with Gasteiger partial charge in [-0.15, -0.1) is 0 Å². The van der Waals surface area contributed by atoms with E-state index in [9.17, 15) is 9.59 Å². The fourth-order valence-electron chi connectivity index (χ4n) is 2.07. The Labute approximate surface area is 145 Å². The van der Waals surface area contributed by atoms with Crippen molar-refractivity contribution in [2.24, 2.45) is 5.92 Å². The van der Waals surface area contributed by atoms with Crippen molar-refractivity contribution in [1.29, 1.82) is 0 Å². The number of hydrogen-bond acceptors (Lipinski definition) is 5. The fourth-order valence-corrected chi connectivity index (χ4v) is 2.19. The molecule has 6 nitrogen and oxygen atoms in total. The van der Waals surface area contributed by atoms with E-state index >= 15 is 0 Å². The summed E-state index contributed by atoms with van der Waals surface area (Å²) in [7, 11) is 0. The second kappa shape index (κ2) is 7.97. The Hall–Kier alpha value is -2.34. The van der Waals surface area contributed by atoms with E-state index in [0.29, 0.717) is 10.8 Å². The fraction of sp³-hybridized carbons (Fsp3) is 0.353. The molecule has 1 aromatic carbocycles. The smallest absolute Gasteiger partial charge is 0.311 e. The number of halogens is 1. The van der Waals surface area contributed by atoms with Crippen LogP contribution in [0.2, 0.25) is 5.02 Å². The van der Waals surface area contributed by atoms with Gasteiger partial charge in [-0.05, 0) is 30.5 Å². The maximum absolute atomic E-state index is 12.3. The molecule has 24 heavy (non-hydrogen) atoms. The average molecular weight is 351 g/mol. The third-order valence-corrected chi connectivity index (χ3v) is 3.52. The van der Waals surface area contributed by atoms with Gasteiger partial charge >= 0.3 is 5.97 Å². The Balaban J connectivity index is 1.97. The molecule has 1 amide bonds. The van der Waals surface area contributed by atoms with Crippen molar-refractivity contribution < 1.29 is 18.8 Å². The predicted molar refractivity (Wildman–Crippen MR) is 89.7 cm³/mol. The molecular weight excluding hydrogens is 332 g/mol. The van der Waals surface area contributed by atoms with E-state index in [-0.39, 0.29) is 18.2 Å². The lowest BCUT2D eigenvalue weighted by atomic mass is 10.1. The zero-order valence-electron chi connectivity index (χ0n) is 13.7. The van der Waals surface area contributed by atoms with Crippen molar-refractivity contribution >= 4 is 29.3 Å². The highest BCUT2D eigenvalue weighted by Crippen LogP contribution is 2.15. The van der Waals surface area contributed by atoms with Crippen LogP contribution < -0.4 is 5.32 Å². The monoisotopic (exact) mass is 350 g/mol. The first-order valence-corrected chi connectivity index (χ1v) is 7.91. The molecule has 128 valence electrons. The molecular formula is C17H19ClN2O4. The van der Waals surface area contributed by atoms with Crippen molar-refractivity contribution in [2.75, 3.05) is 5.32 Å². The van der Waals surface area contributed by atoms with E-state index in [1.807, 2.05) is 0 Å². The standard InChI is InChI=1S/C17H19ClN2O4/c1-10(2)16(17(22)19-14-8-11(3)24-20-14)23-15(21)9-12-4-6-13(18)7-5-12/h4-8,10,16H,9H2,1-3H3,(H,19,20,22)/t16-/m1/s1. The molecule has 0 aliphatic carbocycles. The summed E-state index contributed by atoms with van der Waals surface area (Å²) in [6, 6.07) is 8.47. The SMILES string of the molecule is Cc1cc(NC(=O)[C@H](OC(=O)Cc2ccc(Cl)cc2)C(C)C)no1. The molecule has 0 bridgehead atoms. The Bertz CT molecular complexity index is 710. The van der Waals surface area contributed by atoms with Gasteiger partial charge in [0.05, 0.1) is 6.42 Å². The van der Waals surface area contributed by atoms with Gasteiger partial charge in [-0.2, -0.15) is 0 Å². The van der Waals surface area contributed by atoms with E-state index in [0.717, 1.165) is 5.56 Å². The lowest BCUT2D eigenvalue weighted by Crippen LogP contribution is -2.37. The first-order chi connectivity index (χ1) is 11.3. The molecule has 0 aliphatic heterocycles. The third kappa shape index (κ3) is 5.09. The van der Waals surface area contributed by atoms with Gasteiger partial charge in [-0.1, -0.05) is 42.7 Å². The van der Waals surface area contributed by atoms with E-state index in [2.05, 4.69) is 10.5 Å². The maximum Gasteiger partial charge on any atom is 0.311 e. The molecule has 1 N–H and O–H groups in total. The van der Waals surface area contributed by atoms with Gasteiger partial charge in [0.1, 0.15) is 5.76 Å². The van der Waals surface area contributed by atoms with E-state index < -0.39 is 18.0 Å². The normalized spacial score (nSPS) is 12.0. The minimum Gasteiger partial charge on any atom is -0.452 e. The summed E-state index contributed by atoms with van der Waals surface area (Å²) in [5.41, 5.74) is 0.763. The van der Waals surface area contributed by atoms with Gasteiger partial charge in [-0.25, -0.2) is 0 Å². The van der Waals surface area contributed by atoms with Crippen LogP contribution >= 0.6 is 11.6 Å². The minimum absolute atomic E-state index is 0.0662. The quantitative estimate of drug-likeness (QED) is 0.807. The number of ether oxygens (including phenoxy) is 1. The van der Waals surface area contributed by atoms with E-state index in [1.54, 1.807) is 51.1 Å². The summed E-state index contributed by atoms with van der Waals surface area (Å²) in [6.07, 6.45) is -0.849. The van der Waals surface area contributed by atoms with Crippen molar-refractivity contribution in [3.8, 4) is 0 Å². The number of rotatable bonds is 6. The first kappa shape index (κ1) is 18.0. The van der Waals surface area contributed by atoms with Crippen LogP contribution in [-0.2, 0) is 20.7 Å². The molecule has 0 spiro atoms. The number of esters is 1. The number of aryl methyl sites for hydroxylation is 1. The highest BCUT2D eigenvalue weighted by molar-refractivity contribution is 6.30. The van der Waals surface area contributed by atoms with Gasteiger partial charge in [0.15, 0.2) is 11.9 Å². The maximum atomic E-state index is 12.3. The number of nitrogens with zero attached hydrogens (tertiary/aromatic N) is 1. The molecule has 2 rings (SSSR count). The summed E-state index contributed by atoms with van der Waals surface area (Å²) in [5.74, 6) is -0.250. The van der Waals surface area contributed by atoms with Crippen LogP contribution in [0.3, 0.4) is 0 Å². The van der Waals surface area contributed by atoms with Gasteiger partial charge in [0.2, 0.25) is 0 Å². The molecule has 1 heterocycles. The number of carbonyl (C=O) groups is 2. The number of hydrogen-bond donors (Lipinski definition) is 1. The lowest BCUT2D eigenvalue weighted by Gasteiger charge is -2.20. The minimum atomic E-state index is -0.915. The highest BCUT2D eigenvalue weighted by Gasteiger charge is 2.27. The topological polar surface area (TPSA) is 81.4 Å². The molecule has 2 aromatic rings. The molecule has 0 unspecified atom stereocenters. The van der Waals surface area contributed by atoms with Crippen LogP contribution in [0.5, 0.6) is 0 Å². The van der Waals surface area contributed by atoms with E-state index in [1.165, 1.54) is 0 Å². The number of nitrogens with one attached hydrogen (secondary N) is 1. The molecule has 0 saturated heterocycles. The molecule has 0 radical (unpaired) electrons. The van der Waals surface area contributed by atoms with Crippen LogP contribution in [0.25, 0.3) is 0 Å². The lowest BCUT2D eigenvalue weighted by molar-refractivity contribution is -0.156. The van der Waals surface area contributed by atoms with Crippen LogP contribution in [0.15, 0.2) is 34.9 Å². The predicted octanol–water partition coefficient (Wildman–Crippen LogP) is 3.39. The van der Waals surface area contributed by atoms with Gasteiger partial charge in [0.25, 0.3) is 5.91 Å². The van der Waals surface area contributed by atoms with Gasteiger partial charge < -0.3 is 14.6 Å². The molecule has 0 saturated carbocycles. The zero-order valence-corrected chi connectivity index (χ0v) is 14.5. The summed E-state index contributed by atoms with van der Waals surface area (Å²) in [5, 5.41) is 6.87. The number of aromatic nitrogens is 1. The molecule has 1 atom stereocenters. The second-order valence-electron chi connectivity index (χ2n) is 5.77. The molecule has 0 aliphatic rings. The molecule has 0 fully saturated rings. The zero-order chi connectivity index (χ0) is 17.7. The van der Waals surface area contributed by atoms with Crippen molar-refractivity contribution in [2.45, 2.75) is 33.3 Å². The van der Waals surface area contributed by atoms with Crippen molar-refractivity contribution in [1.82, 2.24) is 5.16 Å². The average Bonchev–Trinajstić information content (AvgIpc) is 2.92. The van der Waals surface area contributed by atoms with Crippen LogP contribution in [0, 0.1) is 12.8 Å². The first-order valence-electron chi connectivity index (χ1n) is 7.53. The summed E-state index contributed by atoms with van der Waals surface area (Å²) >= 11 is 5.81. The van der Waals surface area contributed by atoms with Gasteiger partial charge in [-0.3, -0.25) is 9.59 Å².